The number of benzene rings is 7. The summed E-state index contributed by atoms with van der Waals surface area (Å²) in [7, 11) is 0. The highest BCUT2D eigenvalue weighted by Gasteiger charge is 2.38. The smallest absolute Gasteiger partial charge is 0.0582 e. The number of para-hydroxylation sites is 6. The maximum absolute atomic E-state index is 2.56. The third kappa shape index (κ3) is 2.57. The van der Waals surface area contributed by atoms with Gasteiger partial charge in [-0.2, -0.15) is 0 Å². The normalized spacial score (nSPS) is 13.6. The van der Waals surface area contributed by atoms with Gasteiger partial charge in [-0.1, -0.05) is 109 Å². The average Bonchev–Trinajstić information content (AvgIpc) is 3.76. The minimum absolute atomic E-state index is 0.137. The highest BCUT2D eigenvalue weighted by atomic mass is 15.1. The number of fused-ring (bicyclic) bond motifs is 13. The lowest BCUT2D eigenvalue weighted by atomic mass is 9.78. The third-order valence-corrected chi connectivity index (χ3v) is 10.8. The Kier molecular flexibility index (Phi) is 4.04. The summed E-state index contributed by atoms with van der Waals surface area (Å²) < 4.78 is 7.59. The van der Waals surface area contributed by atoms with Crippen LogP contribution in [0.5, 0.6) is 0 Å². The van der Waals surface area contributed by atoms with Crippen molar-refractivity contribution in [2.75, 3.05) is 0 Å². The first-order chi connectivity index (χ1) is 22.9. The van der Waals surface area contributed by atoms with Crippen LogP contribution in [-0.2, 0) is 0 Å². The largest absolute Gasteiger partial charge is 0.309 e. The van der Waals surface area contributed by atoms with Gasteiger partial charge in [0.05, 0.1) is 50.2 Å². The second-order valence-electron chi connectivity index (χ2n) is 12.9. The summed E-state index contributed by atoms with van der Waals surface area (Å²) >= 11 is 0. The number of rotatable bonds is 1. The fourth-order valence-electron chi connectivity index (χ4n) is 9.14. The molecule has 0 amide bonds. The summed E-state index contributed by atoms with van der Waals surface area (Å²) in [4.78, 5) is 0. The quantitative estimate of drug-likeness (QED) is 0.183. The van der Waals surface area contributed by atoms with Crippen molar-refractivity contribution in [2.45, 2.75) is 5.92 Å². The minimum Gasteiger partial charge on any atom is -0.309 e. The SMILES string of the molecule is c1ccc2c(c1)c1ccccc1n2-c1cc2c3c(c1)-n1c4ccccc4c4cccc(c41)C3c1cccc3c4ccccc4n-2c13. The summed E-state index contributed by atoms with van der Waals surface area (Å²) in [6.07, 6.45) is 0. The molecule has 3 nitrogen and oxygen atoms in total. The molecule has 5 heterocycles. The lowest BCUT2D eigenvalue weighted by molar-refractivity contribution is 0.881. The molecule has 0 atom stereocenters. The van der Waals surface area contributed by atoms with Crippen LogP contribution in [0.3, 0.4) is 0 Å². The Labute approximate surface area is 263 Å². The van der Waals surface area contributed by atoms with Gasteiger partial charge in [0, 0.05) is 43.8 Å². The number of aromatic nitrogens is 3. The van der Waals surface area contributed by atoms with E-state index >= 15 is 0 Å². The molecule has 0 aliphatic carbocycles. The van der Waals surface area contributed by atoms with Gasteiger partial charge in [-0.05, 0) is 47.5 Å². The Bertz CT molecular complexity index is 2790. The van der Waals surface area contributed by atoms with Gasteiger partial charge in [-0.25, -0.2) is 0 Å². The van der Waals surface area contributed by atoms with E-state index in [1.165, 1.54) is 99.2 Å². The van der Waals surface area contributed by atoms with Crippen LogP contribution in [0.1, 0.15) is 22.6 Å². The van der Waals surface area contributed by atoms with E-state index in [9.17, 15) is 0 Å². The molecule has 2 aliphatic heterocycles. The maximum atomic E-state index is 2.56. The first-order valence-electron chi connectivity index (χ1n) is 16.1. The standard InChI is InChI=1S/C43H25N3/c1-5-19-34-26(11-1)27-12-2-6-20-35(27)44(34)25-23-38-41-39(24-25)46-37-22-8-4-14-29(37)31-16-10-18-33(43(31)46)40(41)32-17-9-15-30-28-13-3-7-21-36(28)45(38)42(30)32/h1-24,40H. The van der Waals surface area contributed by atoms with Crippen molar-refractivity contribution in [2.24, 2.45) is 0 Å². The molecule has 212 valence electrons. The molecular formula is C43H25N3. The van der Waals surface area contributed by atoms with Crippen molar-refractivity contribution in [3.63, 3.8) is 0 Å². The molecule has 10 aromatic rings. The van der Waals surface area contributed by atoms with E-state index in [-0.39, 0.29) is 5.92 Å². The first-order valence-corrected chi connectivity index (χ1v) is 16.1. The number of hydrogen-bond acceptors (Lipinski definition) is 0. The van der Waals surface area contributed by atoms with Gasteiger partial charge in [0.25, 0.3) is 0 Å². The number of hydrogen-bond donors (Lipinski definition) is 0. The van der Waals surface area contributed by atoms with Gasteiger partial charge in [0.15, 0.2) is 0 Å². The molecule has 2 aliphatic rings. The molecule has 0 saturated carbocycles. The Hall–Kier alpha value is -6.06. The highest BCUT2D eigenvalue weighted by molar-refractivity contribution is 6.15. The van der Waals surface area contributed by atoms with E-state index in [1.54, 1.807) is 0 Å². The van der Waals surface area contributed by atoms with Gasteiger partial charge >= 0.3 is 0 Å². The van der Waals surface area contributed by atoms with Crippen molar-refractivity contribution in [1.29, 1.82) is 0 Å². The van der Waals surface area contributed by atoms with Gasteiger partial charge in [-0.3, -0.25) is 0 Å². The predicted molar refractivity (Wildman–Crippen MR) is 190 cm³/mol. The first kappa shape index (κ1) is 23.3. The van der Waals surface area contributed by atoms with E-state index in [1.807, 2.05) is 0 Å². The van der Waals surface area contributed by atoms with Gasteiger partial charge in [0.2, 0.25) is 0 Å². The monoisotopic (exact) mass is 583 g/mol. The van der Waals surface area contributed by atoms with E-state index in [0.717, 1.165) is 0 Å². The van der Waals surface area contributed by atoms with Crippen molar-refractivity contribution < 1.29 is 0 Å². The Morgan fingerprint density at radius 1 is 0.348 bits per heavy atom. The second-order valence-corrected chi connectivity index (χ2v) is 12.9. The highest BCUT2D eigenvalue weighted by Crippen LogP contribution is 2.54. The summed E-state index contributed by atoms with van der Waals surface area (Å²) in [5, 5.41) is 7.80. The van der Waals surface area contributed by atoms with Crippen molar-refractivity contribution in [1.82, 2.24) is 13.7 Å². The van der Waals surface area contributed by atoms with Crippen LogP contribution < -0.4 is 0 Å². The fourth-order valence-corrected chi connectivity index (χ4v) is 9.14. The summed E-state index contributed by atoms with van der Waals surface area (Å²) in [6.45, 7) is 0. The van der Waals surface area contributed by atoms with Crippen molar-refractivity contribution in [3.05, 3.63) is 162 Å². The molecule has 0 radical (unpaired) electrons. The molecular weight excluding hydrogens is 558 g/mol. The molecule has 12 rings (SSSR count). The van der Waals surface area contributed by atoms with Gasteiger partial charge in [0.1, 0.15) is 0 Å². The fraction of sp³-hybridized carbons (Fsp3) is 0.0233. The predicted octanol–water partition coefficient (Wildman–Crippen LogP) is 10.8. The molecule has 0 bridgehead atoms. The van der Waals surface area contributed by atoms with E-state index in [0.29, 0.717) is 0 Å². The third-order valence-electron chi connectivity index (χ3n) is 10.8. The summed E-state index contributed by atoms with van der Waals surface area (Å²) in [5.74, 6) is 0.137. The molecule has 7 aromatic carbocycles. The van der Waals surface area contributed by atoms with Crippen LogP contribution >= 0.6 is 0 Å². The van der Waals surface area contributed by atoms with Crippen LogP contribution in [0, 0.1) is 0 Å². The topological polar surface area (TPSA) is 14.8 Å². The Morgan fingerprint density at radius 3 is 1.17 bits per heavy atom. The van der Waals surface area contributed by atoms with Crippen LogP contribution in [0.2, 0.25) is 0 Å². The second kappa shape index (κ2) is 7.96. The molecule has 0 unspecified atom stereocenters. The molecule has 46 heavy (non-hydrogen) atoms. The summed E-state index contributed by atoms with van der Waals surface area (Å²) in [5.41, 5.74) is 15.5. The molecule has 0 saturated heterocycles. The number of nitrogens with zero attached hydrogens (tertiary/aromatic N) is 3. The van der Waals surface area contributed by atoms with Crippen molar-refractivity contribution >= 4 is 65.4 Å². The molecule has 0 fully saturated rings. The average molecular weight is 584 g/mol. The van der Waals surface area contributed by atoms with Crippen LogP contribution in [0.15, 0.2) is 146 Å². The van der Waals surface area contributed by atoms with E-state index < -0.39 is 0 Å². The maximum Gasteiger partial charge on any atom is 0.0582 e. The minimum atomic E-state index is 0.137. The van der Waals surface area contributed by atoms with Gasteiger partial charge < -0.3 is 13.7 Å². The lowest BCUT2D eigenvalue weighted by Gasteiger charge is -2.35. The molecule has 3 aromatic heterocycles. The van der Waals surface area contributed by atoms with Crippen molar-refractivity contribution in [3.8, 4) is 17.1 Å². The Balaban J connectivity index is 1.35. The zero-order valence-electron chi connectivity index (χ0n) is 24.8. The van der Waals surface area contributed by atoms with E-state index in [2.05, 4.69) is 159 Å². The zero-order valence-corrected chi connectivity index (χ0v) is 24.8. The lowest BCUT2D eigenvalue weighted by Crippen LogP contribution is -2.22. The molecule has 3 heteroatoms. The Morgan fingerprint density at radius 2 is 0.717 bits per heavy atom. The van der Waals surface area contributed by atoms with Crippen LogP contribution in [-0.4, -0.2) is 13.7 Å². The van der Waals surface area contributed by atoms with Crippen LogP contribution in [0.25, 0.3) is 82.5 Å². The zero-order chi connectivity index (χ0) is 29.7. The van der Waals surface area contributed by atoms with Crippen LogP contribution in [0.4, 0.5) is 0 Å². The van der Waals surface area contributed by atoms with E-state index in [4.69, 9.17) is 0 Å². The summed E-state index contributed by atoms with van der Waals surface area (Å²) in [6, 6.07) is 54.3. The molecule has 0 spiro atoms. The van der Waals surface area contributed by atoms with Gasteiger partial charge in [-0.15, -0.1) is 0 Å². The molecule has 0 N–H and O–H groups in total.